The number of hydrogen-bond acceptors (Lipinski definition) is 1. The normalized spacial score (nSPS) is 11.1. The van der Waals surface area contributed by atoms with Crippen molar-refractivity contribution in [3.63, 3.8) is 0 Å². The quantitative estimate of drug-likeness (QED) is 0.529. The van der Waals surface area contributed by atoms with Crippen molar-refractivity contribution in [1.29, 1.82) is 0 Å². The zero-order valence-corrected chi connectivity index (χ0v) is 17.9. The highest BCUT2D eigenvalue weighted by Gasteiger charge is 2.04. The predicted octanol–water partition coefficient (Wildman–Crippen LogP) is 8.49. The van der Waals surface area contributed by atoms with Gasteiger partial charge in [-0.1, -0.05) is 102 Å². The molecule has 1 atom stereocenters. The molecule has 0 amide bonds. The molecule has 0 saturated carbocycles. The van der Waals surface area contributed by atoms with Crippen LogP contribution in [-0.4, -0.2) is 0 Å². The summed E-state index contributed by atoms with van der Waals surface area (Å²) in [6.45, 7) is 19.0. The van der Waals surface area contributed by atoms with Gasteiger partial charge >= 0.3 is 0 Å². The van der Waals surface area contributed by atoms with Crippen molar-refractivity contribution in [1.82, 2.24) is 0 Å². The first-order valence-electron chi connectivity index (χ1n) is 9.16. The van der Waals surface area contributed by atoms with Gasteiger partial charge in [-0.05, 0) is 41.7 Å². The van der Waals surface area contributed by atoms with Crippen molar-refractivity contribution < 1.29 is 0 Å². The summed E-state index contributed by atoms with van der Waals surface area (Å²) >= 11 is 1.81. The number of rotatable bonds is 4. The van der Waals surface area contributed by atoms with Gasteiger partial charge in [-0.25, -0.2) is 0 Å². The minimum atomic E-state index is 0.517. The van der Waals surface area contributed by atoms with Crippen LogP contribution in [0, 0.1) is 5.92 Å². The zero-order chi connectivity index (χ0) is 19.2. The van der Waals surface area contributed by atoms with Crippen molar-refractivity contribution in [2.45, 2.75) is 59.6 Å². The summed E-state index contributed by atoms with van der Waals surface area (Å²) in [4.78, 5) is 1.17. The van der Waals surface area contributed by atoms with Gasteiger partial charge in [-0.3, -0.25) is 0 Å². The lowest BCUT2D eigenvalue weighted by atomic mass is 10.0. The third-order valence-electron chi connectivity index (χ3n) is 3.11. The molecule has 0 aliphatic rings. The molecule has 0 bridgehead atoms. The molecule has 0 fully saturated rings. The molecule has 25 heavy (non-hydrogen) atoms. The van der Waals surface area contributed by atoms with E-state index in [4.69, 9.17) is 0 Å². The first kappa shape index (κ1) is 23.5. The average Bonchev–Trinajstić information content (AvgIpc) is 2.56. The molecule has 0 saturated heterocycles. The van der Waals surface area contributed by atoms with Crippen LogP contribution in [0.1, 0.15) is 70.8 Å². The minimum absolute atomic E-state index is 0.517. The Bertz CT molecular complexity index is 552. The maximum Gasteiger partial charge on any atom is 0.0312 e. The van der Waals surface area contributed by atoms with Crippen molar-refractivity contribution >= 4 is 11.8 Å². The molecular formula is C24H36S. The van der Waals surface area contributed by atoms with Gasteiger partial charge in [-0.15, -0.1) is 11.8 Å². The number of thioether (sulfide) groups is 1. The molecule has 0 radical (unpaired) electrons. The van der Waals surface area contributed by atoms with Crippen LogP contribution in [0.5, 0.6) is 0 Å². The van der Waals surface area contributed by atoms with Gasteiger partial charge in [0.25, 0.3) is 0 Å². The Morgan fingerprint density at radius 3 is 1.36 bits per heavy atom. The molecule has 1 unspecified atom stereocenters. The van der Waals surface area contributed by atoms with Crippen LogP contribution in [-0.2, 0) is 0 Å². The van der Waals surface area contributed by atoms with E-state index in [1.54, 1.807) is 0 Å². The lowest BCUT2D eigenvalue weighted by molar-refractivity contribution is 0.737. The van der Waals surface area contributed by atoms with Crippen molar-refractivity contribution in [3.8, 4) is 0 Å². The molecule has 2 aromatic carbocycles. The van der Waals surface area contributed by atoms with Gasteiger partial charge in [0, 0.05) is 5.25 Å². The molecule has 2 rings (SSSR count). The first-order valence-corrected chi connectivity index (χ1v) is 10.0. The van der Waals surface area contributed by atoms with Crippen LogP contribution >= 0.6 is 11.8 Å². The van der Waals surface area contributed by atoms with E-state index in [9.17, 15) is 0 Å². The molecule has 0 aromatic heterocycles. The maximum atomic E-state index is 3.88. The summed E-state index contributed by atoms with van der Waals surface area (Å²) in [5.41, 5.74) is 2.78. The monoisotopic (exact) mass is 356 g/mol. The van der Waals surface area contributed by atoms with Crippen LogP contribution in [0.25, 0.3) is 0 Å². The molecule has 0 aliphatic carbocycles. The third kappa shape index (κ3) is 13.5. The number of allylic oxidation sites excluding steroid dienone is 1. The molecule has 0 spiro atoms. The average molecular weight is 357 g/mol. The van der Waals surface area contributed by atoms with Crippen LogP contribution in [0.3, 0.4) is 0 Å². The van der Waals surface area contributed by atoms with Gasteiger partial charge in [-0.2, -0.15) is 0 Å². The fourth-order valence-electron chi connectivity index (χ4n) is 1.93. The van der Waals surface area contributed by atoms with E-state index >= 15 is 0 Å². The molecule has 0 aliphatic heterocycles. The molecule has 0 heterocycles. The van der Waals surface area contributed by atoms with Crippen LogP contribution < -0.4 is 0 Å². The zero-order valence-electron chi connectivity index (χ0n) is 17.1. The second kappa shape index (κ2) is 13.8. The van der Waals surface area contributed by atoms with Gasteiger partial charge in [0.15, 0.2) is 0 Å². The Morgan fingerprint density at radius 1 is 0.720 bits per heavy atom. The summed E-state index contributed by atoms with van der Waals surface area (Å²) < 4.78 is 0. The Kier molecular flexibility index (Phi) is 13.0. The highest BCUT2D eigenvalue weighted by Crippen LogP contribution is 2.32. The summed E-state index contributed by atoms with van der Waals surface area (Å²) in [5.74, 6) is 1.49. The number of hydrogen-bond donors (Lipinski definition) is 0. The summed E-state index contributed by atoms with van der Waals surface area (Å²) in [6, 6.07) is 21.0. The standard InChI is InChI=1S/C11H14S.C9H12.C4H10/c1-9(2)12-10(3)11-7-5-4-6-8-11;1-8(2)9-6-4-3-5-7-9;1-4(2)3/h4-8,10H,1H2,2-3H3;3-8H,1-2H3;4H,1-3H3. The van der Waals surface area contributed by atoms with E-state index in [0.717, 1.165) is 5.92 Å². The fourth-order valence-corrected chi connectivity index (χ4v) is 2.83. The van der Waals surface area contributed by atoms with E-state index in [1.807, 2.05) is 30.8 Å². The van der Waals surface area contributed by atoms with Crippen molar-refractivity contribution in [3.05, 3.63) is 83.3 Å². The molecule has 2 aromatic rings. The van der Waals surface area contributed by atoms with E-state index in [1.165, 1.54) is 16.0 Å². The highest BCUT2D eigenvalue weighted by molar-refractivity contribution is 8.03. The predicted molar refractivity (Wildman–Crippen MR) is 118 cm³/mol. The van der Waals surface area contributed by atoms with Crippen LogP contribution in [0.4, 0.5) is 0 Å². The fraction of sp³-hybridized carbons (Fsp3) is 0.417. The molecule has 138 valence electrons. The Balaban J connectivity index is 0.000000391. The largest absolute Gasteiger partial charge is 0.124 e. The lowest BCUT2D eigenvalue weighted by Crippen LogP contribution is -1.86. The lowest BCUT2D eigenvalue weighted by Gasteiger charge is -2.10. The van der Waals surface area contributed by atoms with Crippen molar-refractivity contribution in [2.75, 3.05) is 0 Å². The maximum absolute atomic E-state index is 3.88. The van der Waals surface area contributed by atoms with E-state index < -0.39 is 0 Å². The Hall–Kier alpha value is -1.47. The van der Waals surface area contributed by atoms with Gasteiger partial charge in [0.1, 0.15) is 0 Å². The Morgan fingerprint density at radius 2 is 1.08 bits per heavy atom. The van der Waals surface area contributed by atoms with Crippen molar-refractivity contribution in [2.24, 2.45) is 5.92 Å². The Labute approximate surface area is 160 Å². The van der Waals surface area contributed by atoms with Gasteiger partial charge < -0.3 is 0 Å². The second-order valence-corrected chi connectivity index (χ2v) is 8.81. The van der Waals surface area contributed by atoms with E-state index in [0.29, 0.717) is 11.2 Å². The SMILES string of the molecule is C=C(C)SC(C)c1ccccc1.CC(C)C.CC(C)c1ccccc1. The molecular weight excluding hydrogens is 320 g/mol. The second-order valence-electron chi connectivity index (χ2n) is 7.17. The first-order chi connectivity index (χ1) is 11.7. The van der Waals surface area contributed by atoms with E-state index in [-0.39, 0.29) is 0 Å². The summed E-state index contributed by atoms with van der Waals surface area (Å²) in [7, 11) is 0. The summed E-state index contributed by atoms with van der Waals surface area (Å²) in [6.07, 6.45) is 0. The van der Waals surface area contributed by atoms with Gasteiger partial charge in [0.2, 0.25) is 0 Å². The molecule has 0 N–H and O–H groups in total. The summed E-state index contributed by atoms with van der Waals surface area (Å²) in [5, 5.41) is 0.517. The topological polar surface area (TPSA) is 0 Å². The number of benzene rings is 2. The smallest absolute Gasteiger partial charge is 0.0312 e. The van der Waals surface area contributed by atoms with E-state index in [2.05, 4.69) is 96.7 Å². The molecule has 1 heteroatoms. The van der Waals surface area contributed by atoms with Gasteiger partial charge in [0.05, 0.1) is 0 Å². The molecule has 0 nitrogen and oxygen atoms in total. The van der Waals surface area contributed by atoms with Crippen LogP contribution in [0.15, 0.2) is 72.1 Å². The van der Waals surface area contributed by atoms with Crippen LogP contribution in [0.2, 0.25) is 0 Å². The minimum Gasteiger partial charge on any atom is -0.124 e. The third-order valence-corrected chi connectivity index (χ3v) is 4.14. The highest BCUT2D eigenvalue weighted by atomic mass is 32.2.